The van der Waals surface area contributed by atoms with E-state index in [9.17, 15) is 14.3 Å². The topological polar surface area (TPSA) is 77.2 Å². The van der Waals surface area contributed by atoms with Crippen LogP contribution in [0.4, 0.5) is 4.39 Å². The number of carbonyl (C=O) groups is 1. The molecule has 128 valence electrons. The summed E-state index contributed by atoms with van der Waals surface area (Å²) in [7, 11) is 1.39. The second-order valence-corrected chi connectivity index (χ2v) is 5.59. The van der Waals surface area contributed by atoms with Crippen LogP contribution in [0.25, 0.3) is 11.3 Å². The van der Waals surface area contributed by atoms with Crippen LogP contribution >= 0.6 is 0 Å². The van der Waals surface area contributed by atoms with Crippen molar-refractivity contribution < 1.29 is 19.0 Å². The van der Waals surface area contributed by atoms with E-state index in [2.05, 4.69) is 10.3 Å². The smallest absolute Gasteiger partial charge is 0.358 e. The van der Waals surface area contributed by atoms with Gasteiger partial charge >= 0.3 is 5.97 Å². The molecule has 0 aliphatic heterocycles. The van der Waals surface area contributed by atoms with Crippen molar-refractivity contribution in [3.8, 4) is 17.0 Å². The highest BCUT2D eigenvalue weighted by atomic mass is 19.1. The molecule has 0 fully saturated rings. The third-order valence-corrected chi connectivity index (χ3v) is 3.78. The van der Waals surface area contributed by atoms with E-state index in [-0.39, 0.29) is 18.0 Å². The molecule has 0 saturated heterocycles. The molecular formula is C18H16FN3O3. The van der Waals surface area contributed by atoms with E-state index in [1.807, 2.05) is 25.1 Å². The van der Waals surface area contributed by atoms with Gasteiger partial charge in [-0.15, -0.1) is 5.10 Å². The van der Waals surface area contributed by atoms with Crippen LogP contribution in [0.2, 0.25) is 0 Å². The van der Waals surface area contributed by atoms with Crippen molar-refractivity contribution in [2.24, 2.45) is 0 Å². The van der Waals surface area contributed by atoms with Gasteiger partial charge in [0.2, 0.25) is 0 Å². The van der Waals surface area contributed by atoms with Crippen LogP contribution in [0, 0.1) is 12.7 Å². The average Bonchev–Trinajstić information content (AvgIpc) is 2.99. The lowest BCUT2D eigenvalue weighted by Gasteiger charge is -2.09. The molecule has 0 amide bonds. The van der Waals surface area contributed by atoms with Crippen molar-refractivity contribution >= 4 is 5.97 Å². The average molecular weight is 341 g/mol. The summed E-state index contributed by atoms with van der Waals surface area (Å²) in [5.41, 5.74) is 2.54. The maximum atomic E-state index is 13.9. The van der Waals surface area contributed by atoms with E-state index in [0.717, 1.165) is 5.56 Å². The number of carboxylic acid groups (broad SMARTS) is 1. The molecule has 0 unspecified atom stereocenters. The molecule has 6 nitrogen and oxygen atoms in total. The van der Waals surface area contributed by atoms with Crippen LogP contribution in [0.3, 0.4) is 0 Å². The summed E-state index contributed by atoms with van der Waals surface area (Å²) in [6, 6.07) is 12.0. The second kappa shape index (κ2) is 6.72. The van der Waals surface area contributed by atoms with E-state index >= 15 is 0 Å². The number of hydrogen-bond donors (Lipinski definition) is 1. The molecule has 0 aliphatic carbocycles. The summed E-state index contributed by atoms with van der Waals surface area (Å²) in [6.45, 7) is 2.10. The van der Waals surface area contributed by atoms with Gasteiger partial charge in [0.25, 0.3) is 0 Å². The maximum Gasteiger partial charge on any atom is 0.358 e. The van der Waals surface area contributed by atoms with Gasteiger partial charge in [0.05, 0.1) is 13.7 Å². The van der Waals surface area contributed by atoms with Gasteiger partial charge < -0.3 is 9.84 Å². The number of hydrogen-bond acceptors (Lipinski definition) is 4. The van der Waals surface area contributed by atoms with Gasteiger partial charge in [0.1, 0.15) is 5.69 Å². The Kier molecular flexibility index (Phi) is 4.47. The summed E-state index contributed by atoms with van der Waals surface area (Å²) in [4.78, 5) is 11.5. The first kappa shape index (κ1) is 16.6. The first-order valence-corrected chi connectivity index (χ1v) is 7.56. The molecule has 0 bridgehead atoms. The Hall–Kier alpha value is -3.22. The van der Waals surface area contributed by atoms with Gasteiger partial charge in [-0.2, -0.15) is 0 Å². The number of benzene rings is 2. The lowest BCUT2D eigenvalue weighted by molar-refractivity contribution is 0.0691. The third kappa shape index (κ3) is 3.35. The zero-order valence-electron chi connectivity index (χ0n) is 13.7. The predicted molar refractivity (Wildman–Crippen MR) is 89.2 cm³/mol. The van der Waals surface area contributed by atoms with Crippen LogP contribution in [-0.2, 0) is 6.54 Å². The Morgan fingerprint density at radius 3 is 2.72 bits per heavy atom. The molecular weight excluding hydrogens is 325 g/mol. The van der Waals surface area contributed by atoms with Crippen LogP contribution in [0.5, 0.6) is 5.75 Å². The summed E-state index contributed by atoms with van der Waals surface area (Å²) >= 11 is 0. The molecule has 3 rings (SSSR count). The molecule has 0 spiro atoms. The monoisotopic (exact) mass is 341 g/mol. The fraction of sp³-hybridized carbons (Fsp3) is 0.167. The Balaban J connectivity index is 2.05. The highest BCUT2D eigenvalue weighted by Crippen LogP contribution is 2.25. The van der Waals surface area contributed by atoms with Crippen LogP contribution in [-0.4, -0.2) is 33.2 Å². The number of aromatic carboxylic acids is 1. The van der Waals surface area contributed by atoms with Gasteiger partial charge in [-0.05, 0) is 30.7 Å². The highest BCUT2D eigenvalue weighted by Gasteiger charge is 2.21. The molecule has 7 heteroatoms. The summed E-state index contributed by atoms with van der Waals surface area (Å²) < 4.78 is 20.3. The molecule has 0 saturated carbocycles. The maximum absolute atomic E-state index is 13.9. The SMILES string of the molecule is COc1ccc(Cn2nnc(C(=O)O)c2-c2cccc(C)c2)cc1F. The minimum atomic E-state index is -1.16. The molecule has 25 heavy (non-hydrogen) atoms. The second-order valence-electron chi connectivity index (χ2n) is 5.59. The number of carboxylic acids is 1. The lowest BCUT2D eigenvalue weighted by Crippen LogP contribution is -2.06. The molecule has 1 heterocycles. The third-order valence-electron chi connectivity index (χ3n) is 3.78. The van der Waals surface area contributed by atoms with Gasteiger partial charge in [-0.25, -0.2) is 13.9 Å². The lowest BCUT2D eigenvalue weighted by atomic mass is 10.1. The fourth-order valence-electron chi connectivity index (χ4n) is 2.63. The van der Waals surface area contributed by atoms with Crippen molar-refractivity contribution in [1.29, 1.82) is 0 Å². The number of methoxy groups -OCH3 is 1. The van der Waals surface area contributed by atoms with Gasteiger partial charge in [-0.3, -0.25) is 0 Å². The standard InChI is InChI=1S/C18H16FN3O3/c1-11-4-3-5-13(8-11)17-16(18(23)24)20-21-22(17)10-12-6-7-15(25-2)14(19)9-12/h3-9H,10H2,1-2H3,(H,23,24). The normalized spacial score (nSPS) is 10.7. The molecule has 1 N–H and O–H groups in total. The van der Waals surface area contributed by atoms with Crippen molar-refractivity contribution in [3.05, 3.63) is 65.1 Å². The Morgan fingerprint density at radius 2 is 2.08 bits per heavy atom. The minimum Gasteiger partial charge on any atom is -0.494 e. The van der Waals surface area contributed by atoms with E-state index < -0.39 is 11.8 Å². The van der Waals surface area contributed by atoms with Gasteiger partial charge in [0, 0.05) is 5.56 Å². The zero-order chi connectivity index (χ0) is 18.0. The summed E-state index contributed by atoms with van der Waals surface area (Å²) in [5, 5.41) is 17.1. The van der Waals surface area contributed by atoms with Crippen LogP contribution in [0.1, 0.15) is 21.6 Å². The van der Waals surface area contributed by atoms with Crippen LogP contribution < -0.4 is 4.74 Å². The zero-order valence-corrected chi connectivity index (χ0v) is 13.7. The highest BCUT2D eigenvalue weighted by molar-refractivity contribution is 5.92. The number of ether oxygens (including phenoxy) is 1. The molecule has 0 aliphatic rings. The minimum absolute atomic E-state index is 0.139. The number of aryl methyl sites for hydroxylation is 1. The molecule has 0 radical (unpaired) electrons. The number of halogens is 1. The predicted octanol–water partition coefficient (Wildman–Crippen LogP) is 3.15. The van der Waals surface area contributed by atoms with Gasteiger partial charge in [0.15, 0.2) is 17.3 Å². The quantitative estimate of drug-likeness (QED) is 0.771. The fourth-order valence-corrected chi connectivity index (χ4v) is 2.63. The Morgan fingerprint density at radius 1 is 1.28 bits per heavy atom. The van der Waals surface area contributed by atoms with Crippen molar-refractivity contribution in [3.63, 3.8) is 0 Å². The molecule has 2 aromatic carbocycles. The van der Waals surface area contributed by atoms with Gasteiger partial charge in [-0.1, -0.05) is 35.0 Å². The Bertz CT molecular complexity index is 937. The first-order chi connectivity index (χ1) is 12.0. The van der Waals surface area contributed by atoms with E-state index in [1.54, 1.807) is 12.1 Å². The summed E-state index contributed by atoms with van der Waals surface area (Å²) in [5.74, 6) is -1.51. The van der Waals surface area contributed by atoms with Crippen molar-refractivity contribution in [2.75, 3.05) is 7.11 Å². The number of nitrogens with zero attached hydrogens (tertiary/aromatic N) is 3. The van der Waals surface area contributed by atoms with Crippen LogP contribution in [0.15, 0.2) is 42.5 Å². The van der Waals surface area contributed by atoms with E-state index in [1.165, 1.54) is 23.9 Å². The number of rotatable bonds is 5. The van der Waals surface area contributed by atoms with E-state index in [4.69, 9.17) is 4.74 Å². The first-order valence-electron chi connectivity index (χ1n) is 7.56. The molecule has 1 aromatic heterocycles. The number of aromatic nitrogens is 3. The van der Waals surface area contributed by atoms with E-state index in [0.29, 0.717) is 16.8 Å². The largest absolute Gasteiger partial charge is 0.494 e. The summed E-state index contributed by atoms with van der Waals surface area (Å²) in [6.07, 6.45) is 0. The molecule has 0 atom stereocenters. The Labute approximate surface area is 143 Å². The van der Waals surface area contributed by atoms with Crippen molar-refractivity contribution in [2.45, 2.75) is 13.5 Å². The molecule has 3 aromatic rings. The van der Waals surface area contributed by atoms with Crippen molar-refractivity contribution in [1.82, 2.24) is 15.0 Å².